The van der Waals surface area contributed by atoms with Crippen LogP contribution in [0.25, 0.3) is 0 Å². The van der Waals surface area contributed by atoms with Crippen molar-refractivity contribution in [2.45, 2.75) is 58.2 Å². The molecule has 0 radical (unpaired) electrons. The van der Waals surface area contributed by atoms with Crippen LogP contribution in [0.2, 0.25) is 0 Å². The molecule has 2 aromatic rings. The summed E-state index contributed by atoms with van der Waals surface area (Å²) in [5.41, 5.74) is 5.16. The van der Waals surface area contributed by atoms with Crippen LogP contribution in [0.5, 0.6) is 5.75 Å². The van der Waals surface area contributed by atoms with Gasteiger partial charge in [-0.2, -0.15) is 0 Å². The van der Waals surface area contributed by atoms with Crippen molar-refractivity contribution in [1.82, 2.24) is 9.80 Å². The predicted octanol–water partition coefficient (Wildman–Crippen LogP) is 3.72. The standard InChI is InChI=1S/C32H39BN2O6/c1-19-13-22(14-20(2)30(19)36)27-16-25-28-26(15-23(18-40-3)29(25)33(39)41-27)31(37)35(32(28)38)24-9-11-34(12-10-24)17-21-7-5-4-6-8-21/h4-8,13-14,24-28,36,39H,9-12,15-18H2,1-3H3/t25-,26-,27-,28+/m0/s1. The highest BCUT2D eigenvalue weighted by molar-refractivity contribution is 6.53. The van der Waals surface area contributed by atoms with Crippen molar-refractivity contribution in [2.75, 3.05) is 26.8 Å². The van der Waals surface area contributed by atoms with E-state index in [1.54, 1.807) is 12.0 Å². The van der Waals surface area contributed by atoms with E-state index in [0.717, 1.165) is 54.7 Å². The van der Waals surface area contributed by atoms with Gasteiger partial charge in [0.15, 0.2) is 0 Å². The number of likely N-dealkylation sites (tertiary alicyclic amines) is 2. The molecular formula is C32H39BN2O6. The molecule has 0 spiro atoms. The summed E-state index contributed by atoms with van der Waals surface area (Å²) in [6.07, 6.45) is 1.95. The topological polar surface area (TPSA) is 99.5 Å². The van der Waals surface area contributed by atoms with E-state index in [2.05, 4.69) is 17.0 Å². The summed E-state index contributed by atoms with van der Waals surface area (Å²) in [5, 5.41) is 21.6. The Morgan fingerprint density at radius 1 is 1.02 bits per heavy atom. The Morgan fingerprint density at radius 3 is 2.37 bits per heavy atom. The summed E-state index contributed by atoms with van der Waals surface area (Å²) in [6, 6.07) is 14.0. The van der Waals surface area contributed by atoms with Crippen LogP contribution in [0.15, 0.2) is 53.5 Å². The maximum atomic E-state index is 14.1. The Morgan fingerprint density at radius 2 is 1.71 bits per heavy atom. The van der Waals surface area contributed by atoms with Crippen molar-refractivity contribution < 1.29 is 29.1 Å². The molecule has 9 heteroatoms. The minimum Gasteiger partial charge on any atom is -0.507 e. The van der Waals surface area contributed by atoms with Gasteiger partial charge in [0.05, 0.1) is 24.5 Å². The van der Waals surface area contributed by atoms with E-state index in [4.69, 9.17) is 9.39 Å². The third-order valence-electron chi connectivity index (χ3n) is 9.62. The summed E-state index contributed by atoms with van der Waals surface area (Å²) >= 11 is 0. The largest absolute Gasteiger partial charge is 0.507 e. The zero-order valence-corrected chi connectivity index (χ0v) is 24.1. The van der Waals surface area contributed by atoms with Crippen LogP contribution >= 0.6 is 0 Å². The lowest BCUT2D eigenvalue weighted by Gasteiger charge is -2.42. The van der Waals surface area contributed by atoms with Crippen LogP contribution < -0.4 is 0 Å². The van der Waals surface area contributed by atoms with E-state index in [-0.39, 0.29) is 36.1 Å². The number of amides is 2. The molecule has 4 aliphatic rings. The molecule has 3 fully saturated rings. The number of aromatic hydroxyl groups is 1. The lowest BCUT2D eigenvalue weighted by Crippen LogP contribution is -2.48. The Bertz CT molecular complexity index is 1330. The number of carbonyl (C=O) groups excluding carboxylic acids is 2. The summed E-state index contributed by atoms with van der Waals surface area (Å²) in [6.45, 7) is 6.50. The van der Waals surface area contributed by atoms with E-state index >= 15 is 0 Å². The van der Waals surface area contributed by atoms with E-state index in [0.29, 0.717) is 18.3 Å². The van der Waals surface area contributed by atoms with Crippen LogP contribution in [-0.2, 0) is 25.5 Å². The number of phenols is 1. The summed E-state index contributed by atoms with van der Waals surface area (Å²) < 4.78 is 11.6. The molecule has 8 nitrogen and oxygen atoms in total. The van der Waals surface area contributed by atoms with Gasteiger partial charge in [-0.1, -0.05) is 30.3 Å². The number of imide groups is 1. The first-order chi connectivity index (χ1) is 19.8. The molecular weight excluding hydrogens is 519 g/mol. The molecule has 4 atom stereocenters. The number of carbonyl (C=O) groups is 2. The van der Waals surface area contributed by atoms with Crippen LogP contribution in [0.4, 0.5) is 0 Å². The second kappa shape index (κ2) is 11.4. The minimum atomic E-state index is -1.18. The fourth-order valence-electron chi connectivity index (χ4n) is 7.67. The van der Waals surface area contributed by atoms with Gasteiger partial charge in [0.25, 0.3) is 0 Å². The van der Waals surface area contributed by atoms with Gasteiger partial charge in [-0.25, -0.2) is 0 Å². The number of ether oxygens (including phenoxy) is 1. The molecule has 216 valence electrons. The second-order valence-electron chi connectivity index (χ2n) is 12.2. The first-order valence-electron chi connectivity index (χ1n) is 14.7. The monoisotopic (exact) mass is 558 g/mol. The van der Waals surface area contributed by atoms with Crippen molar-refractivity contribution in [3.05, 3.63) is 75.8 Å². The summed E-state index contributed by atoms with van der Waals surface area (Å²) in [5.74, 6) is -1.22. The number of nitrogens with zero attached hydrogens (tertiary/aromatic N) is 2. The molecule has 1 aliphatic carbocycles. The second-order valence-corrected chi connectivity index (χ2v) is 12.2. The highest BCUT2D eigenvalue weighted by Crippen LogP contribution is 2.52. The lowest BCUT2D eigenvalue weighted by molar-refractivity contribution is -0.144. The Hall–Kier alpha value is -2.98. The number of aryl methyl sites for hydroxylation is 2. The van der Waals surface area contributed by atoms with Crippen molar-refractivity contribution in [3.8, 4) is 5.75 Å². The molecule has 3 aliphatic heterocycles. The first kappa shape index (κ1) is 28.2. The molecule has 2 aromatic carbocycles. The SMILES string of the molecule is COCC1=C2B(O)O[C@H](c3cc(C)c(O)c(C)c3)C[C@H]2[C@H]2C(=O)N(C3CCN(Cc4ccccc4)CC3)C(=O)[C@H]2C1. The van der Waals surface area contributed by atoms with Crippen LogP contribution in [0.3, 0.4) is 0 Å². The summed E-state index contributed by atoms with van der Waals surface area (Å²) in [4.78, 5) is 32.0. The van der Waals surface area contributed by atoms with Crippen LogP contribution in [0.1, 0.15) is 54.0 Å². The van der Waals surface area contributed by atoms with E-state index < -0.39 is 25.1 Å². The number of methoxy groups -OCH3 is 1. The smallest absolute Gasteiger partial charge is 0.487 e. The van der Waals surface area contributed by atoms with E-state index in [1.807, 2.05) is 44.2 Å². The van der Waals surface area contributed by atoms with Gasteiger partial charge < -0.3 is 19.5 Å². The van der Waals surface area contributed by atoms with Crippen molar-refractivity contribution in [1.29, 1.82) is 0 Å². The van der Waals surface area contributed by atoms with Gasteiger partial charge in [-0.05, 0) is 90.9 Å². The molecule has 0 aromatic heterocycles. The highest BCUT2D eigenvalue weighted by atomic mass is 16.5. The average Bonchev–Trinajstić information content (AvgIpc) is 3.21. The van der Waals surface area contributed by atoms with Crippen molar-refractivity contribution >= 4 is 18.9 Å². The van der Waals surface area contributed by atoms with Crippen LogP contribution in [-0.4, -0.2) is 71.7 Å². The molecule has 41 heavy (non-hydrogen) atoms. The lowest BCUT2D eigenvalue weighted by atomic mass is 9.55. The molecule has 2 amide bonds. The number of hydrogen-bond acceptors (Lipinski definition) is 7. The molecule has 6 rings (SSSR count). The number of benzene rings is 2. The Labute approximate surface area is 242 Å². The van der Waals surface area contributed by atoms with Crippen molar-refractivity contribution in [2.24, 2.45) is 17.8 Å². The molecule has 0 unspecified atom stereocenters. The molecule has 2 N–H and O–H groups in total. The number of fused-ring (bicyclic) bond motifs is 3. The number of allylic oxidation sites excluding steroid dienone is 1. The zero-order chi connectivity index (χ0) is 28.8. The normalized spacial score (nSPS) is 27.4. The summed E-state index contributed by atoms with van der Waals surface area (Å²) in [7, 11) is 0.421. The van der Waals surface area contributed by atoms with E-state index in [9.17, 15) is 19.7 Å². The van der Waals surface area contributed by atoms with Gasteiger partial charge in [0, 0.05) is 32.8 Å². The fraction of sp³-hybridized carbons (Fsp3) is 0.500. The van der Waals surface area contributed by atoms with Crippen LogP contribution in [0, 0.1) is 31.6 Å². The Kier molecular flexibility index (Phi) is 7.81. The maximum Gasteiger partial charge on any atom is 0.487 e. The van der Waals surface area contributed by atoms with Gasteiger partial charge >= 0.3 is 7.12 Å². The quantitative estimate of drug-likeness (QED) is 0.412. The Balaban J connectivity index is 1.24. The first-order valence-corrected chi connectivity index (χ1v) is 14.7. The molecule has 0 bridgehead atoms. The molecule has 3 heterocycles. The average molecular weight is 558 g/mol. The maximum absolute atomic E-state index is 14.1. The highest BCUT2D eigenvalue weighted by Gasteiger charge is 2.59. The van der Waals surface area contributed by atoms with Gasteiger partial charge in [-0.3, -0.25) is 19.4 Å². The molecule has 3 saturated heterocycles. The van der Waals surface area contributed by atoms with E-state index in [1.165, 1.54) is 5.56 Å². The fourth-order valence-corrected chi connectivity index (χ4v) is 7.67. The number of piperidine rings is 1. The predicted molar refractivity (Wildman–Crippen MR) is 155 cm³/mol. The molecule has 0 saturated carbocycles. The third kappa shape index (κ3) is 5.14. The number of hydrogen-bond donors (Lipinski definition) is 2. The van der Waals surface area contributed by atoms with Gasteiger partial charge in [0.1, 0.15) is 5.75 Å². The zero-order valence-electron chi connectivity index (χ0n) is 24.1. The third-order valence-corrected chi connectivity index (χ3v) is 9.62. The number of rotatable bonds is 6. The van der Waals surface area contributed by atoms with Crippen molar-refractivity contribution in [3.63, 3.8) is 0 Å². The minimum absolute atomic E-state index is 0.0805. The number of phenolic OH excluding ortho intramolecular Hbond substituents is 1. The van der Waals surface area contributed by atoms with Gasteiger partial charge in [0.2, 0.25) is 11.8 Å². The van der Waals surface area contributed by atoms with Gasteiger partial charge in [-0.15, -0.1) is 0 Å².